The molecule has 1 saturated heterocycles. The van der Waals surface area contributed by atoms with E-state index in [1.54, 1.807) is 0 Å². The monoisotopic (exact) mass is 412 g/mol. The molecule has 2 aromatic carbocycles. The van der Waals surface area contributed by atoms with E-state index < -0.39 is 5.41 Å². The van der Waals surface area contributed by atoms with Crippen LogP contribution in [0.15, 0.2) is 67.0 Å². The molecule has 2 heterocycles. The zero-order valence-electron chi connectivity index (χ0n) is 18.7. The summed E-state index contributed by atoms with van der Waals surface area (Å²) in [7, 11) is 0. The second-order valence-electron chi connectivity index (χ2n) is 8.91. The van der Waals surface area contributed by atoms with Crippen LogP contribution in [0.5, 0.6) is 0 Å². The van der Waals surface area contributed by atoms with Crippen molar-refractivity contribution in [2.24, 2.45) is 5.92 Å². The fourth-order valence-corrected chi connectivity index (χ4v) is 4.92. The Labute approximate surface area is 186 Å². The van der Waals surface area contributed by atoms with Crippen molar-refractivity contribution in [2.45, 2.75) is 32.1 Å². The molecule has 1 aromatic heterocycles. The van der Waals surface area contributed by atoms with Crippen LogP contribution in [0, 0.1) is 17.2 Å². The number of anilines is 1. The number of aromatic nitrogens is 1. The van der Waals surface area contributed by atoms with Gasteiger partial charge in [0.2, 0.25) is 0 Å². The zero-order valence-corrected chi connectivity index (χ0v) is 18.7. The number of hydrogen-bond acceptors (Lipinski definition) is 4. The zero-order chi connectivity index (χ0) is 21.7. The first-order valence-corrected chi connectivity index (χ1v) is 11.4. The van der Waals surface area contributed by atoms with Crippen molar-refractivity contribution < 1.29 is 0 Å². The molecule has 1 unspecified atom stereocenters. The Balaban J connectivity index is 1.35. The van der Waals surface area contributed by atoms with Gasteiger partial charge in [-0.25, -0.2) is 0 Å². The normalized spacial score (nSPS) is 16.9. The van der Waals surface area contributed by atoms with Gasteiger partial charge in [0, 0.05) is 49.6 Å². The highest BCUT2D eigenvalue weighted by Gasteiger charge is 2.35. The number of nitriles is 1. The molecule has 0 aliphatic carbocycles. The summed E-state index contributed by atoms with van der Waals surface area (Å²) in [5, 5.41) is 12.6. The van der Waals surface area contributed by atoms with Crippen molar-refractivity contribution in [3.63, 3.8) is 0 Å². The molecule has 31 heavy (non-hydrogen) atoms. The number of piperazine rings is 1. The lowest BCUT2D eigenvalue weighted by Crippen LogP contribution is -2.47. The number of hydrogen-bond donors (Lipinski definition) is 0. The lowest BCUT2D eigenvalue weighted by atomic mass is 9.70. The minimum absolute atomic E-state index is 0.289. The molecule has 1 aliphatic heterocycles. The molecule has 4 nitrogen and oxygen atoms in total. The van der Waals surface area contributed by atoms with E-state index in [-0.39, 0.29) is 5.92 Å². The van der Waals surface area contributed by atoms with Crippen LogP contribution in [0.25, 0.3) is 10.8 Å². The summed E-state index contributed by atoms with van der Waals surface area (Å²) in [5.74, 6) is 0.289. The van der Waals surface area contributed by atoms with Gasteiger partial charge in [-0.1, -0.05) is 56.3 Å². The summed E-state index contributed by atoms with van der Waals surface area (Å²) in [6.45, 7) is 9.57. The van der Waals surface area contributed by atoms with Crippen LogP contribution < -0.4 is 4.90 Å². The highest BCUT2D eigenvalue weighted by molar-refractivity contribution is 5.93. The maximum atomic E-state index is 10.1. The van der Waals surface area contributed by atoms with Gasteiger partial charge in [-0.2, -0.15) is 5.26 Å². The fourth-order valence-electron chi connectivity index (χ4n) is 4.92. The van der Waals surface area contributed by atoms with Crippen LogP contribution in [0.1, 0.15) is 32.3 Å². The van der Waals surface area contributed by atoms with Gasteiger partial charge < -0.3 is 4.90 Å². The van der Waals surface area contributed by atoms with Crippen molar-refractivity contribution >= 4 is 16.5 Å². The fraction of sp³-hybridized carbons (Fsp3) is 0.407. The quantitative estimate of drug-likeness (QED) is 0.531. The van der Waals surface area contributed by atoms with E-state index in [1.165, 1.54) is 16.5 Å². The Kier molecular flexibility index (Phi) is 6.53. The topological polar surface area (TPSA) is 43.2 Å². The highest BCUT2D eigenvalue weighted by atomic mass is 15.3. The van der Waals surface area contributed by atoms with Gasteiger partial charge in [0.05, 0.1) is 11.5 Å². The van der Waals surface area contributed by atoms with Gasteiger partial charge in [-0.15, -0.1) is 0 Å². The van der Waals surface area contributed by atoms with Crippen LogP contribution in [0.4, 0.5) is 5.69 Å². The standard InChI is InChI=1S/C27H32N4/c1-22(2)27(21-28,24-9-4-3-5-10-24)13-7-15-30-16-18-31(19-17-30)26-11-6-8-23-12-14-29-20-25(23)26/h3-6,8-12,14,20,22H,7,13,15-19H2,1-2H3. The smallest absolute Gasteiger partial charge is 0.0845 e. The third kappa shape index (κ3) is 4.43. The molecule has 0 radical (unpaired) electrons. The first-order chi connectivity index (χ1) is 15.1. The van der Waals surface area contributed by atoms with Crippen LogP contribution in [0.2, 0.25) is 0 Å². The molecular formula is C27H32N4. The molecule has 0 spiro atoms. The molecule has 160 valence electrons. The van der Waals surface area contributed by atoms with Gasteiger partial charge in [0.25, 0.3) is 0 Å². The Bertz CT molecular complexity index is 1030. The van der Waals surface area contributed by atoms with Crippen molar-refractivity contribution in [3.8, 4) is 6.07 Å². The largest absolute Gasteiger partial charge is 0.368 e. The Morgan fingerprint density at radius 1 is 1.00 bits per heavy atom. The molecular weight excluding hydrogens is 380 g/mol. The minimum atomic E-state index is -0.404. The average Bonchev–Trinajstić information content (AvgIpc) is 2.82. The molecule has 4 rings (SSSR count). The SMILES string of the molecule is CC(C)C(C#N)(CCCN1CCN(c2cccc3ccncc23)CC1)c1ccccc1. The third-order valence-electron chi connectivity index (χ3n) is 6.89. The lowest BCUT2D eigenvalue weighted by Gasteiger charge is -2.37. The number of rotatable bonds is 7. The molecule has 1 fully saturated rings. The van der Waals surface area contributed by atoms with Crippen LogP contribution in [-0.2, 0) is 5.41 Å². The van der Waals surface area contributed by atoms with Gasteiger partial charge in [-0.05, 0) is 48.4 Å². The molecule has 4 heteroatoms. The van der Waals surface area contributed by atoms with E-state index in [2.05, 4.69) is 71.1 Å². The molecule has 0 N–H and O–H groups in total. The van der Waals surface area contributed by atoms with Crippen molar-refractivity contribution in [2.75, 3.05) is 37.6 Å². The molecule has 3 aromatic rings. The summed E-state index contributed by atoms with van der Waals surface area (Å²) in [6.07, 6.45) is 5.78. The first-order valence-electron chi connectivity index (χ1n) is 11.4. The van der Waals surface area contributed by atoms with Gasteiger partial charge in [0.1, 0.15) is 0 Å². The molecule has 0 amide bonds. The predicted molar refractivity (Wildman–Crippen MR) is 128 cm³/mol. The van der Waals surface area contributed by atoms with E-state index in [4.69, 9.17) is 0 Å². The Morgan fingerprint density at radius 2 is 1.77 bits per heavy atom. The lowest BCUT2D eigenvalue weighted by molar-refractivity contribution is 0.239. The van der Waals surface area contributed by atoms with Gasteiger partial charge >= 0.3 is 0 Å². The summed E-state index contributed by atoms with van der Waals surface area (Å²) in [5.41, 5.74) is 2.04. The molecule has 1 aliphatic rings. The van der Waals surface area contributed by atoms with E-state index in [0.717, 1.165) is 51.1 Å². The maximum absolute atomic E-state index is 10.1. The minimum Gasteiger partial charge on any atom is -0.368 e. The summed E-state index contributed by atoms with van der Waals surface area (Å²) < 4.78 is 0. The number of benzene rings is 2. The predicted octanol–water partition coefficient (Wildman–Crippen LogP) is 5.25. The van der Waals surface area contributed by atoms with Crippen molar-refractivity contribution in [3.05, 3.63) is 72.6 Å². The Morgan fingerprint density at radius 3 is 2.48 bits per heavy atom. The highest BCUT2D eigenvalue weighted by Crippen LogP contribution is 2.36. The second kappa shape index (κ2) is 9.49. The second-order valence-corrected chi connectivity index (χ2v) is 8.91. The number of nitrogens with zero attached hydrogens (tertiary/aromatic N) is 4. The van der Waals surface area contributed by atoms with E-state index in [9.17, 15) is 5.26 Å². The first kappa shape index (κ1) is 21.3. The average molecular weight is 413 g/mol. The van der Waals surface area contributed by atoms with Gasteiger partial charge in [0.15, 0.2) is 0 Å². The van der Waals surface area contributed by atoms with Crippen molar-refractivity contribution in [1.29, 1.82) is 5.26 Å². The third-order valence-corrected chi connectivity index (χ3v) is 6.89. The van der Waals surface area contributed by atoms with Crippen LogP contribution in [0.3, 0.4) is 0 Å². The van der Waals surface area contributed by atoms with E-state index >= 15 is 0 Å². The van der Waals surface area contributed by atoms with Crippen LogP contribution >= 0.6 is 0 Å². The summed E-state index contributed by atoms with van der Waals surface area (Å²) in [6, 6.07) is 21.6. The van der Waals surface area contributed by atoms with E-state index in [0.29, 0.717) is 0 Å². The summed E-state index contributed by atoms with van der Waals surface area (Å²) >= 11 is 0. The van der Waals surface area contributed by atoms with Crippen molar-refractivity contribution in [1.82, 2.24) is 9.88 Å². The Hall–Kier alpha value is -2.90. The number of fused-ring (bicyclic) bond motifs is 1. The maximum Gasteiger partial charge on any atom is 0.0845 e. The molecule has 0 bridgehead atoms. The molecule has 0 saturated carbocycles. The molecule has 1 atom stereocenters. The van der Waals surface area contributed by atoms with E-state index in [1.807, 2.05) is 30.6 Å². The van der Waals surface area contributed by atoms with Crippen LogP contribution in [-0.4, -0.2) is 42.6 Å². The van der Waals surface area contributed by atoms with Gasteiger partial charge in [-0.3, -0.25) is 9.88 Å². The summed E-state index contributed by atoms with van der Waals surface area (Å²) in [4.78, 5) is 9.36. The number of pyridine rings is 1.